The molecule has 0 spiro atoms. The monoisotopic (exact) mass is 318 g/mol. The van der Waals surface area contributed by atoms with Crippen molar-refractivity contribution >= 4 is 15.7 Å². The Morgan fingerprint density at radius 2 is 2.00 bits per heavy atom. The van der Waals surface area contributed by atoms with Crippen molar-refractivity contribution in [3.63, 3.8) is 0 Å². The molecule has 1 aliphatic carbocycles. The molecule has 1 saturated heterocycles. The van der Waals surface area contributed by atoms with Crippen molar-refractivity contribution in [1.82, 2.24) is 10.2 Å². The van der Waals surface area contributed by atoms with Crippen molar-refractivity contribution in [2.24, 2.45) is 0 Å². The molecule has 0 aromatic carbocycles. The van der Waals surface area contributed by atoms with Gasteiger partial charge < -0.3 is 15.0 Å². The predicted molar refractivity (Wildman–Crippen MR) is 80.9 cm³/mol. The van der Waals surface area contributed by atoms with E-state index in [9.17, 15) is 13.2 Å². The Morgan fingerprint density at radius 3 is 2.57 bits per heavy atom. The van der Waals surface area contributed by atoms with Crippen molar-refractivity contribution < 1.29 is 17.9 Å². The largest absolute Gasteiger partial charge is 0.383 e. The van der Waals surface area contributed by atoms with Crippen LogP contribution in [0.25, 0.3) is 0 Å². The minimum absolute atomic E-state index is 0.0129. The highest BCUT2D eigenvalue weighted by atomic mass is 32.2. The second-order valence-electron chi connectivity index (χ2n) is 6.00. The molecule has 1 aliphatic heterocycles. The molecule has 1 atom stereocenters. The van der Waals surface area contributed by atoms with E-state index in [1.165, 1.54) is 12.8 Å². The lowest BCUT2D eigenvalue weighted by Crippen LogP contribution is -2.47. The third-order valence-corrected chi connectivity index (χ3v) is 6.15. The van der Waals surface area contributed by atoms with Gasteiger partial charge in [-0.3, -0.25) is 4.79 Å². The molecule has 1 unspecified atom stereocenters. The highest BCUT2D eigenvalue weighted by Crippen LogP contribution is 2.19. The zero-order valence-corrected chi connectivity index (χ0v) is 13.5. The van der Waals surface area contributed by atoms with Crippen LogP contribution in [0.15, 0.2) is 0 Å². The third-order valence-electron chi connectivity index (χ3n) is 4.40. The van der Waals surface area contributed by atoms with Crippen molar-refractivity contribution in [3.8, 4) is 0 Å². The topological polar surface area (TPSA) is 75.7 Å². The molecule has 1 saturated carbocycles. The van der Waals surface area contributed by atoms with Crippen LogP contribution in [0.4, 0.5) is 0 Å². The Balaban J connectivity index is 1.89. The van der Waals surface area contributed by atoms with Gasteiger partial charge in [0.15, 0.2) is 9.84 Å². The van der Waals surface area contributed by atoms with E-state index in [-0.39, 0.29) is 23.5 Å². The van der Waals surface area contributed by atoms with Gasteiger partial charge in [-0.1, -0.05) is 12.8 Å². The van der Waals surface area contributed by atoms with E-state index < -0.39 is 9.84 Å². The second-order valence-corrected chi connectivity index (χ2v) is 8.23. The normalized spacial score (nSPS) is 25.3. The van der Waals surface area contributed by atoms with Crippen LogP contribution in [0, 0.1) is 0 Å². The van der Waals surface area contributed by atoms with Crippen LogP contribution in [-0.2, 0) is 19.4 Å². The van der Waals surface area contributed by atoms with Gasteiger partial charge in [0.05, 0.1) is 24.7 Å². The minimum atomic E-state index is -2.98. The number of nitrogens with one attached hydrogen (secondary N) is 1. The number of methoxy groups -OCH3 is 1. The molecule has 7 heteroatoms. The van der Waals surface area contributed by atoms with Crippen LogP contribution in [-0.4, -0.2) is 69.6 Å². The summed E-state index contributed by atoms with van der Waals surface area (Å²) in [7, 11) is -1.40. The lowest BCUT2D eigenvalue weighted by atomic mass is 10.2. The number of amides is 1. The van der Waals surface area contributed by atoms with E-state index in [4.69, 9.17) is 4.74 Å². The summed E-state index contributed by atoms with van der Waals surface area (Å²) < 4.78 is 28.3. The van der Waals surface area contributed by atoms with E-state index in [1.54, 1.807) is 12.0 Å². The lowest BCUT2D eigenvalue weighted by molar-refractivity contribution is -0.132. The lowest BCUT2D eigenvalue weighted by Gasteiger charge is -2.28. The number of carbonyl (C=O) groups is 1. The summed E-state index contributed by atoms with van der Waals surface area (Å²) in [5.74, 6) is 0.261. The minimum Gasteiger partial charge on any atom is -0.383 e. The van der Waals surface area contributed by atoms with Gasteiger partial charge in [-0.05, 0) is 19.3 Å². The highest BCUT2D eigenvalue weighted by Gasteiger charge is 2.34. The summed E-state index contributed by atoms with van der Waals surface area (Å²) in [6, 6.07) is 0.244. The predicted octanol–water partition coefficient (Wildman–Crippen LogP) is 0.181. The number of sulfone groups is 1. The summed E-state index contributed by atoms with van der Waals surface area (Å²) in [6.07, 6.45) is 5.24. The van der Waals surface area contributed by atoms with E-state index in [0.717, 1.165) is 12.8 Å². The molecular weight excluding hydrogens is 292 g/mol. The molecule has 0 aromatic heterocycles. The van der Waals surface area contributed by atoms with Crippen molar-refractivity contribution in [1.29, 1.82) is 0 Å². The van der Waals surface area contributed by atoms with Crippen LogP contribution >= 0.6 is 0 Å². The molecule has 2 rings (SSSR count). The number of rotatable bonds is 7. The Hall–Kier alpha value is -0.660. The first kappa shape index (κ1) is 16.7. The van der Waals surface area contributed by atoms with Gasteiger partial charge in [-0.15, -0.1) is 0 Å². The summed E-state index contributed by atoms with van der Waals surface area (Å²) in [5, 5.41) is 3.30. The van der Waals surface area contributed by atoms with E-state index >= 15 is 0 Å². The average Bonchev–Trinajstić information content (AvgIpc) is 3.06. The number of ether oxygens (including phenoxy) is 1. The Labute approximate surface area is 127 Å². The first-order valence-corrected chi connectivity index (χ1v) is 9.56. The first-order chi connectivity index (χ1) is 10.0. The fraction of sp³-hybridized carbons (Fsp3) is 0.929. The number of hydrogen-bond donors (Lipinski definition) is 1. The van der Waals surface area contributed by atoms with Gasteiger partial charge in [0, 0.05) is 25.7 Å². The summed E-state index contributed by atoms with van der Waals surface area (Å²) in [4.78, 5) is 14.1. The molecule has 6 nitrogen and oxygen atoms in total. The number of hydrogen-bond acceptors (Lipinski definition) is 5. The SMILES string of the molecule is COCCN(C(=O)CNC1CCCC1)C1CCS(=O)(=O)C1. The highest BCUT2D eigenvalue weighted by molar-refractivity contribution is 7.91. The molecule has 21 heavy (non-hydrogen) atoms. The number of nitrogens with zero attached hydrogens (tertiary/aromatic N) is 1. The Morgan fingerprint density at radius 1 is 1.29 bits per heavy atom. The smallest absolute Gasteiger partial charge is 0.236 e. The Bertz CT molecular complexity index is 446. The van der Waals surface area contributed by atoms with Gasteiger partial charge in [0.25, 0.3) is 0 Å². The first-order valence-electron chi connectivity index (χ1n) is 7.74. The quantitative estimate of drug-likeness (QED) is 0.725. The molecule has 1 N–H and O–H groups in total. The second kappa shape index (κ2) is 7.56. The van der Waals surface area contributed by atoms with Crippen molar-refractivity contribution in [2.75, 3.05) is 38.3 Å². The zero-order chi connectivity index (χ0) is 15.3. The van der Waals surface area contributed by atoms with Gasteiger partial charge >= 0.3 is 0 Å². The van der Waals surface area contributed by atoms with Gasteiger partial charge in [-0.25, -0.2) is 8.42 Å². The van der Waals surface area contributed by atoms with Crippen LogP contribution in [0.2, 0.25) is 0 Å². The standard InChI is InChI=1S/C14H26N2O4S/c1-20-8-7-16(13-6-9-21(18,19)11-13)14(17)10-15-12-4-2-3-5-12/h12-13,15H,2-11H2,1H3. The van der Waals surface area contributed by atoms with Crippen LogP contribution < -0.4 is 5.32 Å². The maximum atomic E-state index is 12.4. The van der Waals surface area contributed by atoms with Crippen molar-refractivity contribution in [3.05, 3.63) is 0 Å². The molecular formula is C14H26N2O4S. The number of carbonyl (C=O) groups excluding carboxylic acids is 1. The summed E-state index contributed by atoms with van der Waals surface area (Å²) in [6.45, 7) is 1.19. The van der Waals surface area contributed by atoms with Gasteiger partial charge in [-0.2, -0.15) is 0 Å². The zero-order valence-electron chi connectivity index (χ0n) is 12.7. The molecule has 0 bridgehead atoms. The molecule has 0 radical (unpaired) electrons. The maximum Gasteiger partial charge on any atom is 0.236 e. The fourth-order valence-electron chi connectivity index (χ4n) is 3.18. The van der Waals surface area contributed by atoms with E-state index in [0.29, 0.717) is 32.2 Å². The fourth-order valence-corrected chi connectivity index (χ4v) is 4.92. The maximum absolute atomic E-state index is 12.4. The van der Waals surface area contributed by atoms with E-state index in [1.807, 2.05) is 0 Å². The molecule has 1 heterocycles. The molecule has 1 amide bonds. The van der Waals surface area contributed by atoms with Gasteiger partial charge in [0.2, 0.25) is 5.91 Å². The molecule has 122 valence electrons. The molecule has 2 fully saturated rings. The van der Waals surface area contributed by atoms with Crippen LogP contribution in [0.3, 0.4) is 0 Å². The van der Waals surface area contributed by atoms with Crippen molar-refractivity contribution in [2.45, 2.75) is 44.2 Å². The third kappa shape index (κ3) is 4.93. The molecule has 0 aromatic rings. The molecule has 2 aliphatic rings. The van der Waals surface area contributed by atoms with Gasteiger partial charge in [0.1, 0.15) is 0 Å². The van der Waals surface area contributed by atoms with Crippen LogP contribution in [0.5, 0.6) is 0 Å². The van der Waals surface area contributed by atoms with Crippen LogP contribution in [0.1, 0.15) is 32.1 Å². The Kier molecular flexibility index (Phi) is 6.01. The average molecular weight is 318 g/mol. The van der Waals surface area contributed by atoms with E-state index in [2.05, 4.69) is 5.32 Å². The summed E-state index contributed by atoms with van der Waals surface area (Å²) in [5.41, 5.74) is 0. The summed E-state index contributed by atoms with van der Waals surface area (Å²) >= 11 is 0.